The van der Waals surface area contributed by atoms with Crippen molar-refractivity contribution >= 4 is 17.3 Å². The zero-order valence-electron chi connectivity index (χ0n) is 17.3. The van der Waals surface area contributed by atoms with E-state index in [9.17, 15) is 9.18 Å². The fraction of sp³-hybridized carbons (Fsp3) is 0.409. The summed E-state index contributed by atoms with van der Waals surface area (Å²) in [7, 11) is 1.47. The van der Waals surface area contributed by atoms with Crippen LogP contribution in [0.3, 0.4) is 0 Å². The lowest BCUT2D eigenvalue weighted by atomic mass is 9.93. The Bertz CT molecular complexity index is 951. The number of morpholine rings is 1. The molecule has 0 bridgehead atoms. The van der Waals surface area contributed by atoms with Gasteiger partial charge in [0.05, 0.1) is 32.4 Å². The van der Waals surface area contributed by atoms with Gasteiger partial charge in [-0.05, 0) is 29.8 Å². The minimum Gasteiger partial charge on any atom is -0.494 e. The van der Waals surface area contributed by atoms with Crippen LogP contribution in [-0.4, -0.2) is 51.4 Å². The fourth-order valence-electron chi connectivity index (χ4n) is 4.52. The number of rotatable bonds is 4. The number of para-hydroxylation sites is 1. The average molecular weight is 427 g/mol. The molecule has 3 atom stereocenters. The second-order valence-corrected chi connectivity index (χ2v) is 7.94. The Morgan fingerprint density at radius 2 is 1.87 bits per heavy atom. The third-order valence-corrected chi connectivity index (χ3v) is 6.16. The van der Waals surface area contributed by atoms with E-state index in [1.807, 2.05) is 0 Å². The van der Waals surface area contributed by atoms with Gasteiger partial charge in [-0.15, -0.1) is 0 Å². The van der Waals surface area contributed by atoms with Gasteiger partial charge >= 0.3 is 0 Å². The first-order valence-corrected chi connectivity index (χ1v) is 10.5. The van der Waals surface area contributed by atoms with Crippen LogP contribution in [0.2, 0.25) is 0 Å². The largest absolute Gasteiger partial charge is 0.494 e. The van der Waals surface area contributed by atoms with E-state index in [1.54, 1.807) is 12.1 Å². The van der Waals surface area contributed by atoms with Crippen LogP contribution < -0.4 is 30.9 Å². The summed E-state index contributed by atoms with van der Waals surface area (Å²) in [5.41, 5.74) is 12.1. The Hall–Kier alpha value is -2.72. The molecule has 5 rings (SSSR count). The first-order chi connectivity index (χ1) is 15.2. The fourth-order valence-corrected chi connectivity index (χ4v) is 4.52. The van der Waals surface area contributed by atoms with E-state index < -0.39 is 5.82 Å². The molecule has 164 valence electrons. The van der Waals surface area contributed by atoms with Gasteiger partial charge in [-0.1, -0.05) is 18.2 Å². The van der Waals surface area contributed by atoms with Crippen LogP contribution in [0.5, 0.6) is 5.75 Å². The van der Waals surface area contributed by atoms with Crippen LogP contribution in [-0.2, 0) is 9.53 Å². The van der Waals surface area contributed by atoms with Gasteiger partial charge in [-0.2, -0.15) is 0 Å². The molecule has 2 aromatic rings. The number of methoxy groups -OCH3 is 1. The molecule has 3 heterocycles. The maximum absolute atomic E-state index is 14.6. The van der Waals surface area contributed by atoms with Crippen LogP contribution in [0.1, 0.15) is 18.0 Å². The number of halogens is 1. The van der Waals surface area contributed by atoms with Crippen LogP contribution in [0.25, 0.3) is 0 Å². The summed E-state index contributed by atoms with van der Waals surface area (Å²) in [6.45, 7) is 3.26. The van der Waals surface area contributed by atoms with Crippen molar-refractivity contribution < 1.29 is 18.7 Å². The summed E-state index contributed by atoms with van der Waals surface area (Å²) >= 11 is 0. The number of benzene rings is 2. The van der Waals surface area contributed by atoms with Gasteiger partial charge in [0.15, 0.2) is 5.82 Å². The quantitative estimate of drug-likeness (QED) is 0.683. The van der Waals surface area contributed by atoms with Gasteiger partial charge in [0, 0.05) is 31.2 Å². The molecule has 0 aromatic heterocycles. The van der Waals surface area contributed by atoms with Gasteiger partial charge in [0.2, 0.25) is 5.91 Å². The summed E-state index contributed by atoms with van der Waals surface area (Å²) in [5.74, 6) is -0.420. The highest BCUT2D eigenvalue weighted by Gasteiger charge is 2.44. The molecule has 2 aromatic carbocycles. The van der Waals surface area contributed by atoms with Crippen molar-refractivity contribution in [1.29, 1.82) is 0 Å². The van der Waals surface area contributed by atoms with Crippen molar-refractivity contribution in [2.24, 2.45) is 0 Å². The number of nitrogens with zero attached hydrogens (tertiary/aromatic N) is 2. The Labute approximate surface area is 180 Å². The van der Waals surface area contributed by atoms with E-state index in [2.05, 4.69) is 45.4 Å². The Balaban J connectivity index is 1.38. The predicted octanol–water partition coefficient (Wildman–Crippen LogP) is 1.50. The molecule has 0 saturated carbocycles. The van der Waals surface area contributed by atoms with Crippen molar-refractivity contribution in [3.05, 3.63) is 53.8 Å². The van der Waals surface area contributed by atoms with E-state index in [0.29, 0.717) is 5.75 Å². The predicted molar refractivity (Wildman–Crippen MR) is 114 cm³/mol. The normalized spacial score (nSPS) is 26.1. The van der Waals surface area contributed by atoms with Crippen molar-refractivity contribution in [2.45, 2.75) is 24.5 Å². The maximum Gasteiger partial charge on any atom is 0.243 e. The molecule has 3 aliphatic rings. The molecule has 1 amide bonds. The van der Waals surface area contributed by atoms with Crippen molar-refractivity contribution in [2.75, 3.05) is 43.3 Å². The van der Waals surface area contributed by atoms with Gasteiger partial charge in [-0.3, -0.25) is 10.2 Å². The summed E-state index contributed by atoms with van der Waals surface area (Å²) in [5, 5.41) is 1.29. The number of ether oxygens (including phenoxy) is 2. The zero-order chi connectivity index (χ0) is 21.4. The van der Waals surface area contributed by atoms with E-state index in [1.165, 1.54) is 23.9 Å². The van der Waals surface area contributed by atoms with E-state index >= 15 is 0 Å². The SMILES string of the molecule is COc1cccc(F)c1N1NC2C(CC1=O)NNC2c1ccc(N2CCOCC2)cc1. The van der Waals surface area contributed by atoms with E-state index in [4.69, 9.17) is 9.47 Å². The molecule has 9 heteroatoms. The molecule has 3 N–H and O–H groups in total. The first-order valence-electron chi connectivity index (χ1n) is 10.5. The van der Waals surface area contributed by atoms with Gasteiger partial charge in [0.1, 0.15) is 11.4 Å². The summed E-state index contributed by atoms with van der Waals surface area (Å²) < 4.78 is 25.4. The molecule has 31 heavy (non-hydrogen) atoms. The second-order valence-electron chi connectivity index (χ2n) is 7.94. The molecule has 0 spiro atoms. The standard InChI is InChI=1S/C22H26FN5O3/c1-30-18-4-2-3-16(23)22(18)28-19(29)13-17-21(26-28)20(25-24-17)14-5-7-15(8-6-14)27-9-11-31-12-10-27/h2-8,17,20-21,24-26H,9-13H2,1H3. The molecule has 3 fully saturated rings. The number of hydrogen-bond donors (Lipinski definition) is 3. The van der Waals surface area contributed by atoms with E-state index in [0.717, 1.165) is 31.9 Å². The monoisotopic (exact) mass is 427 g/mol. The molecule has 3 aliphatic heterocycles. The highest BCUT2D eigenvalue weighted by molar-refractivity contribution is 5.95. The van der Waals surface area contributed by atoms with Gasteiger partial charge in [-0.25, -0.2) is 20.3 Å². The molecule has 8 nitrogen and oxygen atoms in total. The van der Waals surface area contributed by atoms with Crippen molar-refractivity contribution in [1.82, 2.24) is 16.3 Å². The third-order valence-electron chi connectivity index (χ3n) is 6.16. The van der Waals surface area contributed by atoms with Crippen molar-refractivity contribution in [3.63, 3.8) is 0 Å². The zero-order valence-corrected chi connectivity index (χ0v) is 17.3. The van der Waals surface area contributed by atoms with Gasteiger partial charge < -0.3 is 14.4 Å². The van der Waals surface area contributed by atoms with Crippen LogP contribution in [0.15, 0.2) is 42.5 Å². The number of carbonyl (C=O) groups excluding carboxylic acids is 1. The number of hydrazine groups is 2. The highest BCUT2D eigenvalue weighted by Crippen LogP contribution is 2.35. The summed E-state index contributed by atoms with van der Waals surface area (Å²) in [6.07, 6.45) is 0.241. The Morgan fingerprint density at radius 3 is 2.61 bits per heavy atom. The number of amides is 1. The molecular formula is C22H26FN5O3. The maximum atomic E-state index is 14.6. The minimum absolute atomic E-state index is 0.0860. The van der Waals surface area contributed by atoms with Crippen LogP contribution in [0.4, 0.5) is 15.8 Å². The molecule has 0 radical (unpaired) electrons. The number of anilines is 2. The molecule has 3 unspecified atom stereocenters. The molecule has 0 aliphatic carbocycles. The van der Waals surface area contributed by atoms with E-state index in [-0.39, 0.29) is 36.1 Å². The number of carbonyl (C=O) groups is 1. The lowest BCUT2D eigenvalue weighted by Crippen LogP contribution is -2.60. The topological polar surface area (TPSA) is 78.1 Å². The lowest BCUT2D eigenvalue weighted by Gasteiger charge is -2.37. The summed E-state index contributed by atoms with van der Waals surface area (Å²) in [4.78, 5) is 15.1. The number of fused-ring (bicyclic) bond motifs is 1. The number of hydrogen-bond acceptors (Lipinski definition) is 7. The highest BCUT2D eigenvalue weighted by atomic mass is 19.1. The first kappa shape index (κ1) is 20.2. The smallest absolute Gasteiger partial charge is 0.243 e. The molecular weight excluding hydrogens is 401 g/mol. The second kappa shape index (κ2) is 8.43. The Morgan fingerprint density at radius 1 is 1.10 bits per heavy atom. The molecule has 3 saturated heterocycles. The van der Waals surface area contributed by atoms with Crippen LogP contribution >= 0.6 is 0 Å². The van der Waals surface area contributed by atoms with Gasteiger partial charge in [0.25, 0.3) is 0 Å². The number of nitrogens with one attached hydrogen (secondary N) is 3. The van der Waals surface area contributed by atoms with Crippen LogP contribution in [0, 0.1) is 5.82 Å². The lowest BCUT2D eigenvalue weighted by molar-refractivity contribution is -0.121. The minimum atomic E-state index is -0.510. The average Bonchev–Trinajstić information content (AvgIpc) is 3.21. The third kappa shape index (κ3) is 3.74. The Kier molecular flexibility index (Phi) is 5.49. The van der Waals surface area contributed by atoms with Crippen molar-refractivity contribution in [3.8, 4) is 5.75 Å². The summed E-state index contributed by atoms with van der Waals surface area (Å²) in [6, 6.07) is 12.6.